The average Bonchev–Trinajstić information content (AvgIpc) is 2.52. The number of carboxylic acid groups (broad SMARTS) is 1. The van der Waals surface area contributed by atoms with Crippen LogP contribution in [0.4, 0.5) is 0 Å². The van der Waals surface area contributed by atoms with Crippen LogP contribution in [-0.2, 0) is 6.61 Å². The maximum Gasteiger partial charge on any atom is 0.336 e. The number of hydrogen-bond acceptors (Lipinski definition) is 4. The first-order valence-corrected chi connectivity index (χ1v) is 6.51. The summed E-state index contributed by atoms with van der Waals surface area (Å²) in [5.41, 5.74) is 1.38. The van der Waals surface area contributed by atoms with Crippen LogP contribution < -0.4 is 4.74 Å². The van der Waals surface area contributed by atoms with E-state index in [0.29, 0.717) is 11.3 Å². The van der Waals surface area contributed by atoms with Gasteiger partial charge in [0.05, 0.1) is 17.2 Å². The van der Waals surface area contributed by atoms with Crippen molar-refractivity contribution in [3.05, 3.63) is 64.7 Å². The molecule has 2 rings (SSSR count). The van der Waals surface area contributed by atoms with Gasteiger partial charge in [-0.2, -0.15) is 5.26 Å². The van der Waals surface area contributed by atoms with E-state index in [-0.39, 0.29) is 23.5 Å². The topological polar surface area (TPSA) is 87.4 Å². The van der Waals surface area contributed by atoms with Crippen LogP contribution in [-0.4, -0.2) is 16.9 Å². The molecule has 0 saturated heterocycles. The van der Waals surface area contributed by atoms with Crippen LogP contribution in [0.2, 0.25) is 0 Å². The van der Waals surface area contributed by atoms with E-state index in [0.717, 1.165) is 5.56 Å². The van der Waals surface area contributed by atoms with Gasteiger partial charge in [0.1, 0.15) is 12.4 Å². The summed E-state index contributed by atoms with van der Waals surface area (Å²) < 4.78 is 5.53. The molecule has 0 atom stereocenters. The number of rotatable bonds is 5. The number of nitriles is 1. The molecule has 1 N–H and O–H groups in total. The van der Waals surface area contributed by atoms with Gasteiger partial charge in [-0.3, -0.25) is 4.79 Å². The normalized spacial score (nSPS) is 9.82. The highest BCUT2D eigenvalue weighted by atomic mass is 16.5. The number of aromatic carboxylic acids is 1. The van der Waals surface area contributed by atoms with Crippen molar-refractivity contribution in [1.29, 1.82) is 5.26 Å². The fourth-order valence-corrected chi connectivity index (χ4v) is 1.99. The predicted molar refractivity (Wildman–Crippen MR) is 78.9 cm³/mol. The lowest BCUT2D eigenvalue weighted by atomic mass is 10.0. The van der Waals surface area contributed by atoms with Crippen LogP contribution in [0.15, 0.2) is 42.5 Å². The number of benzene rings is 2. The summed E-state index contributed by atoms with van der Waals surface area (Å²) in [6, 6.07) is 13.3. The molecule has 0 aliphatic rings. The molecule has 0 unspecified atom stereocenters. The second-order valence-electron chi connectivity index (χ2n) is 4.67. The maximum atomic E-state index is 11.4. The Morgan fingerprint density at radius 1 is 1.18 bits per heavy atom. The number of carbonyl (C=O) groups excluding carboxylic acids is 1. The highest BCUT2D eigenvalue weighted by Gasteiger charge is 2.14. The summed E-state index contributed by atoms with van der Waals surface area (Å²) in [7, 11) is 0. The van der Waals surface area contributed by atoms with E-state index in [2.05, 4.69) is 0 Å². The smallest absolute Gasteiger partial charge is 0.336 e. The molecule has 0 radical (unpaired) electrons. The third kappa shape index (κ3) is 3.49. The zero-order valence-corrected chi connectivity index (χ0v) is 11.9. The molecule has 2 aromatic rings. The van der Waals surface area contributed by atoms with E-state index in [9.17, 15) is 9.59 Å². The SMILES string of the molecule is CC(=O)c1ccc(OCc2cccc(C#N)c2)cc1C(=O)O. The Morgan fingerprint density at radius 3 is 2.59 bits per heavy atom. The van der Waals surface area contributed by atoms with Crippen molar-refractivity contribution in [2.24, 2.45) is 0 Å². The number of Topliss-reactive ketones (excluding diaryl/α,β-unsaturated/α-hetero) is 1. The van der Waals surface area contributed by atoms with Crippen molar-refractivity contribution in [3.8, 4) is 11.8 Å². The second kappa shape index (κ2) is 6.55. The summed E-state index contributed by atoms with van der Waals surface area (Å²) in [5.74, 6) is -1.14. The predicted octanol–water partition coefficient (Wildman–Crippen LogP) is 3.04. The van der Waals surface area contributed by atoms with Gasteiger partial charge in [-0.15, -0.1) is 0 Å². The lowest BCUT2D eigenvalue weighted by molar-refractivity contribution is 0.0691. The van der Waals surface area contributed by atoms with Crippen LogP contribution in [0.1, 0.15) is 38.8 Å². The Morgan fingerprint density at radius 2 is 1.95 bits per heavy atom. The summed E-state index contributed by atoms with van der Waals surface area (Å²) in [4.78, 5) is 22.6. The number of carboxylic acids is 1. The summed E-state index contributed by atoms with van der Waals surface area (Å²) in [6.45, 7) is 1.52. The molecule has 0 aromatic heterocycles. The van der Waals surface area contributed by atoms with Gasteiger partial charge in [0.15, 0.2) is 5.78 Å². The molecule has 22 heavy (non-hydrogen) atoms. The van der Waals surface area contributed by atoms with E-state index in [1.54, 1.807) is 24.3 Å². The van der Waals surface area contributed by atoms with Gasteiger partial charge in [-0.1, -0.05) is 12.1 Å². The number of ketones is 1. The first kappa shape index (κ1) is 15.3. The van der Waals surface area contributed by atoms with E-state index in [4.69, 9.17) is 15.1 Å². The van der Waals surface area contributed by atoms with Crippen molar-refractivity contribution in [2.45, 2.75) is 13.5 Å². The first-order valence-electron chi connectivity index (χ1n) is 6.51. The molecule has 0 saturated carbocycles. The van der Waals surface area contributed by atoms with Crippen LogP contribution in [0.25, 0.3) is 0 Å². The maximum absolute atomic E-state index is 11.4. The molecule has 0 aliphatic carbocycles. The summed E-state index contributed by atoms with van der Waals surface area (Å²) >= 11 is 0. The minimum absolute atomic E-state index is 0.0872. The monoisotopic (exact) mass is 295 g/mol. The number of ether oxygens (including phenoxy) is 1. The zero-order chi connectivity index (χ0) is 16.1. The van der Waals surface area contributed by atoms with Crippen molar-refractivity contribution in [1.82, 2.24) is 0 Å². The molecular formula is C17H13NO4. The molecule has 0 amide bonds. The molecule has 5 nitrogen and oxygen atoms in total. The molecule has 0 bridgehead atoms. The number of nitrogens with zero attached hydrogens (tertiary/aromatic N) is 1. The number of carbonyl (C=O) groups is 2. The van der Waals surface area contributed by atoms with Crippen LogP contribution in [0.3, 0.4) is 0 Å². The molecule has 2 aromatic carbocycles. The third-order valence-electron chi connectivity index (χ3n) is 3.06. The Hall–Kier alpha value is -3.13. The zero-order valence-electron chi connectivity index (χ0n) is 11.9. The van der Waals surface area contributed by atoms with Gasteiger partial charge in [0.2, 0.25) is 0 Å². The lowest BCUT2D eigenvalue weighted by Crippen LogP contribution is -2.07. The molecule has 5 heteroatoms. The summed E-state index contributed by atoms with van der Waals surface area (Å²) in [6.07, 6.45) is 0. The van der Waals surface area contributed by atoms with Gasteiger partial charge in [0, 0.05) is 5.56 Å². The largest absolute Gasteiger partial charge is 0.489 e. The molecule has 0 spiro atoms. The van der Waals surface area contributed by atoms with Crippen molar-refractivity contribution in [2.75, 3.05) is 0 Å². The van der Waals surface area contributed by atoms with E-state index < -0.39 is 5.97 Å². The standard InChI is InChI=1S/C17H13NO4/c1-11(19)15-6-5-14(8-16(15)17(20)21)22-10-13-4-2-3-12(7-13)9-18/h2-8H,10H2,1H3,(H,20,21). The van der Waals surface area contributed by atoms with Crippen LogP contribution in [0, 0.1) is 11.3 Å². The minimum Gasteiger partial charge on any atom is -0.489 e. The lowest BCUT2D eigenvalue weighted by Gasteiger charge is -2.09. The fraction of sp³-hybridized carbons (Fsp3) is 0.118. The van der Waals surface area contributed by atoms with Gasteiger partial charge in [-0.05, 0) is 42.8 Å². The average molecular weight is 295 g/mol. The molecule has 110 valence electrons. The second-order valence-corrected chi connectivity index (χ2v) is 4.67. The van der Waals surface area contributed by atoms with Gasteiger partial charge >= 0.3 is 5.97 Å². The third-order valence-corrected chi connectivity index (χ3v) is 3.06. The molecule has 0 fully saturated rings. The van der Waals surface area contributed by atoms with Crippen molar-refractivity contribution in [3.63, 3.8) is 0 Å². The van der Waals surface area contributed by atoms with Crippen molar-refractivity contribution < 1.29 is 19.4 Å². The van der Waals surface area contributed by atoms with E-state index in [1.165, 1.54) is 19.1 Å². The number of hydrogen-bond donors (Lipinski definition) is 1. The van der Waals surface area contributed by atoms with E-state index in [1.807, 2.05) is 12.1 Å². The highest BCUT2D eigenvalue weighted by molar-refractivity contribution is 6.05. The molecule has 0 heterocycles. The quantitative estimate of drug-likeness (QED) is 0.856. The molecular weight excluding hydrogens is 282 g/mol. The van der Waals surface area contributed by atoms with E-state index >= 15 is 0 Å². The van der Waals surface area contributed by atoms with Gasteiger partial charge in [-0.25, -0.2) is 4.79 Å². The van der Waals surface area contributed by atoms with Crippen LogP contribution in [0.5, 0.6) is 5.75 Å². The fourth-order valence-electron chi connectivity index (χ4n) is 1.99. The minimum atomic E-state index is -1.18. The Kier molecular flexibility index (Phi) is 4.54. The Balaban J connectivity index is 2.20. The van der Waals surface area contributed by atoms with Crippen LogP contribution >= 0.6 is 0 Å². The summed E-state index contributed by atoms with van der Waals surface area (Å²) in [5, 5.41) is 18.0. The first-order chi connectivity index (χ1) is 10.5. The van der Waals surface area contributed by atoms with Gasteiger partial charge in [0.25, 0.3) is 0 Å². The highest BCUT2D eigenvalue weighted by Crippen LogP contribution is 2.20. The van der Waals surface area contributed by atoms with Crippen molar-refractivity contribution >= 4 is 11.8 Å². The Bertz CT molecular complexity index is 774. The molecule has 0 aliphatic heterocycles. The van der Waals surface area contributed by atoms with Gasteiger partial charge < -0.3 is 9.84 Å². The Labute approximate surface area is 127 Å².